The second kappa shape index (κ2) is 6.52. The Morgan fingerprint density at radius 1 is 1.20 bits per heavy atom. The van der Waals surface area contributed by atoms with E-state index in [1.807, 2.05) is 0 Å². The van der Waals surface area contributed by atoms with Crippen LogP contribution in [0, 0.1) is 0 Å². The van der Waals surface area contributed by atoms with Gasteiger partial charge in [0.05, 0.1) is 11.2 Å². The molecule has 3 rings (SSSR count). The Morgan fingerprint density at radius 3 is 2.72 bits per heavy atom. The number of para-hydroxylation sites is 1. The van der Waals surface area contributed by atoms with Crippen molar-refractivity contribution in [1.29, 1.82) is 0 Å². The van der Waals surface area contributed by atoms with E-state index in [1.54, 1.807) is 38.1 Å². The van der Waals surface area contributed by atoms with E-state index in [4.69, 9.17) is 0 Å². The van der Waals surface area contributed by atoms with Gasteiger partial charge in [-0.3, -0.25) is 19.6 Å². The number of fused-ring (bicyclic) bond motifs is 1. The number of amides is 1. The van der Waals surface area contributed by atoms with Crippen molar-refractivity contribution in [2.75, 3.05) is 4.72 Å². The Bertz CT molecular complexity index is 1020. The lowest BCUT2D eigenvalue weighted by molar-refractivity contribution is 0.0939. The van der Waals surface area contributed by atoms with Gasteiger partial charge in [-0.15, -0.1) is 0 Å². The van der Waals surface area contributed by atoms with Crippen molar-refractivity contribution >= 4 is 32.5 Å². The molecule has 8 nitrogen and oxygen atoms in total. The van der Waals surface area contributed by atoms with Crippen LogP contribution in [0.15, 0.2) is 47.6 Å². The molecular formula is C16H17N5O3S. The number of rotatable bonds is 5. The summed E-state index contributed by atoms with van der Waals surface area (Å²) in [4.78, 5) is 16.3. The lowest BCUT2D eigenvalue weighted by Gasteiger charge is -2.11. The van der Waals surface area contributed by atoms with Gasteiger partial charge >= 0.3 is 0 Å². The number of nitrogens with one attached hydrogen (secondary N) is 3. The van der Waals surface area contributed by atoms with Crippen molar-refractivity contribution in [2.24, 2.45) is 0 Å². The van der Waals surface area contributed by atoms with E-state index in [0.717, 1.165) is 0 Å². The van der Waals surface area contributed by atoms with Crippen LogP contribution in [0.1, 0.15) is 24.3 Å². The zero-order valence-electron chi connectivity index (χ0n) is 13.6. The Morgan fingerprint density at radius 2 is 1.96 bits per heavy atom. The van der Waals surface area contributed by atoms with Gasteiger partial charge in [-0.1, -0.05) is 18.2 Å². The van der Waals surface area contributed by atoms with Crippen LogP contribution in [0.3, 0.4) is 0 Å². The maximum Gasteiger partial charge on any atom is 0.274 e. The average molecular weight is 359 g/mol. The SMILES string of the molecule is CC(C)NC(=O)c1n[nH]cc1NS(=O)(=O)c1cccc2cccnc12. The summed E-state index contributed by atoms with van der Waals surface area (Å²) in [7, 11) is -3.95. The molecule has 0 aliphatic rings. The molecule has 0 unspecified atom stereocenters. The van der Waals surface area contributed by atoms with Gasteiger partial charge in [0.1, 0.15) is 4.90 Å². The smallest absolute Gasteiger partial charge is 0.274 e. The van der Waals surface area contributed by atoms with Crippen molar-refractivity contribution in [1.82, 2.24) is 20.5 Å². The van der Waals surface area contributed by atoms with E-state index in [9.17, 15) is 13.2 Å². The van der Waals surface area contributed by atoms with Crippen LogP contribution in [0.4, 0.5) is 5.69 Å². The number of carbonyl (C=O) groups excluding carboxylic acids is 1. The normalized spacial score (nSPS) is 11.6. The number of sulfonamides is 1. The molecule has 0 saturated carbocycles. The topological polar surface area (TPSA) is 117 Å². The second-order valence-electron chi connectivity index (χ2n) is 5.71. The number of H-pyrrole nitrogens is 1. The highest BCUT2D eigenvalue weighted by Crippen LogP contribution is 2.24. The zero-order valence-corrected chi connectivity index (χ0v) is 14.5. The van der Waals surface area contributed by atoms with Gasteiger partial charge < -0.3 is 5.32 Å². The van der Waals surface area contributed by atoms with E-state index >= 15 is 0 Å². The number of aromatic nitrogens is 3. The highest BCUT2D eigenvalue weighted by Gasteiger charge is 2.23. The summed E-state index contributed by atoms with van der Waals surface area (Å²) in [5.74, 6) is -0.468. The minimum atomic E-state index is -3.95. The number of hydrogen-bond acceptors (Lipinski definition) is 5. The number of nitrogens with zero attached hydrogens (tertiary/aromatic N) is 2. The van der Waals surface area contributed by atoms with Crippen molar-refractivity contribution < 1.29 is 13.2 Å². The molecule has 3 aromatic rings. The lowest BCUT2D eigenvalue weighted by atomic mass is 10.2. The fraction of sp³-hybridized carbons (Fsp3) is 0.188. The Balaban J connectivity index is 1.98. The Labute approximate surface area is 144 Å². The number of pyridine rings is 1. The van der Waals surface area contributed by atoms with Crippen molar-refractivity contribution in [2.45, 2.75) is 24.8 Å². The monoisotopic (exact) mass is 359 g/mol. The van der Waals surface area contributed by atoms with Crippen LogP contribution in [0.5, 0.6) is 0 Å². The highest BCUT2D eigenvalue weighted by molar-refractivity contribution is 7.93. The summed E-state index contributed by atoms with van der Waals surface area (Å²) in [5.41, 5.74) is 0.408. The first-order valence-corrected chi connectivity index (χ1v) is 9.08. The summed E-state index contributed by atoms with van der Waals surface area (Å²) in [6.07, 6.45) is 2.85. The molecule has 9 heteroatoms. The minimum absolute atomic E-state index is 0.0227. The van der Waals surface area contributed by atoms with Crippen LogP contribution in [-0.4, -0.2) is 35.5 Å². The predicted molar refractivity (Wildman–Crippen MR) is 93.7 cm³/mol. The standard InChI is InChI=1S/C16H17N5O3S/c1-10(2)19-16(22)15-12(9-18-20-15)21-25(23,24)13-7-3-5-11-6-4-8-17-14(11)13/h3-10,21H,1-2H3,(H,18,20)(H,19,22). The van der Waals surface area contributed by atoms with Crippen molar-refractivity contribution in [3.05, 3.63) is 48.4 Å². The van der Waals surface area contributed by atoms with Crippen LogP contribution in [0.2, 0.25) is 0 Å². The maximum absolute atomic E-state index is 12.8. The molecule has 0 saturated heterocycles. The molecule has 0 aliphatic heterocycles. The van der Waals surface area contributed by atoms with Gasteiger partial charge in [0.25, 0.3) is 15.9 Å². The number of hydrogen-bond donors (Lipinski definition) is 3. The minimum Gasteiger partial charge on any atom is -0.348 e. The molecule has 25 heavy (non-hydrogen) atoms. The lowest BCUT2D eigenvalue weighted by Crippen LogP contribution is -2.31. The Hall–Kier alpha value is -2.94. The predicted octanol–water partition coefficient (Wildman–Crippen LogP) is 1.90. The van der Waals surface area contributed by atoms with E-state index in [-0.39, 0.29) is 22.3 Å². The largest absolute Gasteiger partial charge is 0.348 e. The molecular weight excluding hydrogens is 342 g/mol. The fourth-order valence-corrected chi connectivity index (χ4v) is 3.60. The molecule has 3 N–H and O–H groups in total. The van der Waals surface area contributed by atoms with Crippen molar-refractivity contribution in [3.63, 3.8) is 0 Å². The van der Waals surface area contributed by atoms with Gasteiger partial charge in [-0.25, -0.2) is 8.42 Å². The molecule has 0 aliphatic carbocycles. The molecule has 0 bridgehead atoms. The Kier molecular flexibility index (Phi) is 4.41. The zero-order chi connectivity index (χ0) is 18.0. The molecule has 2 heterocycles. The number of anilines is 1. The average Bonchev–Trinajstić information content (AvgIpc) is 3.01. The van der Waals surface area contributed by atoms with Gasteiger partial charge in [0, 0.05) is 23.8 Å². The molecule has 130 valence electrons. The van der Waals surface area contributed by atoms with Gasteiger partial charge in [0.15, 0.2) is 5.69 Å². The summed E-state index contributed by atoms with van der Waals surface area (Å²) >= 11 is 0. The van der Waals surface area contributed by atoms with Crippen LogP contribution in [-0.2, 0) is 10.0 Å². The van der Waals surface area contributed by atoms with Crippen molar-refractivity contribution in [3.8, 4) is 0 Å². The van der Waals surface area contributed by atoms with E-state index in [2.05, 4.69) is 25.2 Å². The molecule has 2 aromatic heterocycles. The summed E-state index contributed by atoms with van der Waals surface area (Å²) in [6.45, 7) is 3.60. The number of aromatic amines is 1. The summed E-state index contributed by atoms with van der Waals surface area (Å²) < 4.78 is 28.0. The van der Waals surface area contributed by atoms with Gasteiger partial charge in [-0.2, -0.15) is 5.10 Å². The molecule has 0 atom stereocenters. The first-order chi connectivity index (χ1) is 11.9. The summed E-state index contributed by atoms with van der Waals surface area (Å²) in [5, 5.41) is 9.72. The third-order valence-electron chi connectivity index (χ3n) is 3.40. The van der Waals surface area contributed by atoms with Gasteiger partial charge in [0.2, 0.25) is 0 Å². The molecule has 1 aromatic carbocycles. The molecule has 0 spiro atoms. The fourth-order valence-electron chi connectivity index (χ4n) is 2.36. The van der Waals surface area contributed by atoms with Gasteiger partial charge in [-0.05, 0) is 26.0 Å². The van der Waals surface area contributed by atoms with Crippen LogP contribution >= 0.6 is 0 Å². The first-order valence-electron chi connectivity index (χ1n) is 7.59. The second-order valence-corrected chi connectivity index (χ2v) is 7.36. The molecule has 0 fully saturated rings. The van der Waals surface area contributed by atoms with Crippen LogP contribution in [0.25, 0.3) is 10.9 Å². The van der Waals surface area contributed by atoms with E-state index in [0.29, 0.717) is 10.9 Å². The maximum atomic E-state index is 12.8. The third kappa shape index (κ3) is 3.45. The molecule has 1 amide bonds. The third-order valence-corrected chi connectivity index (χ3v) is 4.80. The number of carbonyl (C=O) groups is 1. The van der Waals surface area contributed by atoms with E-state index in [1.165, 1.54) is 18.5 Å². The number of benzene rings is 1. The molecule has 0 radical (unpaired) electrons. The summed E-state index contributed by atoms with van der Waals surface area (Å²) in [6, 6.07) is 8.29. The van der Waals surface area contributed by atoms with E-state index < -0.39 is 15.9 Å². The first kappa shape index (κ1) is 16.9. The highest BCUT2D eigenvalue weighted by atomic mass is 32.2. The van der Waals surface area contributed by atoms with Crippen LogP contribution < -0.4 is 10.0 Å². The quantitative estimate of drug-likeness (QED) is 0.643.